The van der Waals surface area contributed by atoms with Crippen molar-refractivity contribution < 1.29 is 33.0 Å². The van der Waals surface area contributed by atoms with Crippen LogP contribution in [0.2, 0.25) is 0 Å². The Morgan fingerprint density at radius 2 is 1.88 bits per heavy atom. The first-order valence-corrected chi connectivity index (χ1v) is 10.0. The zero-order valence-corrected chi connectivity index (χ0v) is 17.3. The number of rotatable bonds is 4. The SMILES string of the molecule is N#Cc1cc2c3c(c1)c(O)c(C(=O)NCC(=O)O)c(=O)n3CC(c1ccc(C(F)(F)F)cc1)C2. The molecule has 3 aromatic rings. The van der Waals surface area contributed by atoms with Crippen LogP contribution in [0, 0.1) is 11.3 Å². The summed E-state index contributed by atoms with van der Waals surface area (Å²) < 4.78 is 40.1. The number of alkyl halides is 3. The maximum Gasteiger partial charge on any atom is 0.416 e. The van der Waals surface area contributed by atoms with Crippen molar-refractivity contribution in [3.05, 3.63) is 74.6 Å². The number of nitrogens with zero attached hydrogens (tertiary/aromatic N) is 2. The molecule has 4 rings (SSSR count). The molecule has 1 unspecified atom stereocenters. The zero-order chi connectivity index (χ0) is 24.8. The highest BCUT2D eigenvalue weighted by molar-refractivity contribution is 6.04. The summed E-state index contributed by atoms with van der Waals surface area (Å²) in [5, 5.41) is 31.0. The number of carbonyl (C=O) groups is 2. The number of benzene rings is 2. The molecular formula is C23H16F3N3O5. The van der Waals surface area contributed by atoms with E-state index in [1.807, 2.05) is 11.4 Å². The van der Waals surface area contributed by atoms with Crippen molar-refractivity contribution in [3.63, 3.8) is 0 Å². The van der Waals surface area contributed by atoms with Crippen molar-refractivity contribution in [2.75, 3.05) is 6.54 Å². The predicted molar refractivity (Wildman–Crippen MR) is 112 cm³/mol. The maximum atomic E-state index is 13.2. The van der Waals surface area contributed by atoms with Gasteiger partial charge in [0.1, 0.15) is 17.9 Å². The highest BCUT2D eigenvalue weighted by Crippen LogP contribution is 2.38. The molecule has 0 saturated carbocycles. The monoisotopic (exact) mass is 471 g/mol. The summed E-state index contributed by atoms with van der Waals surface area (Å²) in [4.78, 5) is 36.5. The summed E-state index contributed by atoms with van der Waals surface area (Å²) in [5.41, 5.74) is -0.896. The van der Waals surface area contributed by atoms with Gasteiger partial charge in [-0.2, -0.15) is 18.4 Å². The lowest BCUT2D eigenvalue weighted by molar-refractivity contribution is -0.138. The number of halogens is 3. The normalized spacial score (nSPS) is 15.1. The predicted octanol–water partition coefficient (Wildman–Crippen LogP) is 2.75. The highest BCUT2D eigenvalue weighted by atomic mass is 19.4. The van der Waals surface area contributed by atoms with E-state index in [0.717, 1.165) is 12.1 Å². The lowest BCUT2D eigenvalue weighted by Gasteiger charge is -2.28. The van der Waals surface area contributed by atoms with E-state index in [4.69, 9.17) is 5.11 Å². The fraction of sp³-hybridized carbons (Fsp3) is 0.217. The van der Waals surface area contributed by atoms with Gasteiger partial charge in [-0.3, -0.25) is 14.4 Å². The topological polar surface area (TPSA) is 132 Å². The molecule has 1 atom stereocenters. The number of aromatic nitrogens is 1. The number of amides is 1. The first kappa shape index (κ1) is 22.8. The van der Waals surface area contributed by atoms with E-state index >= 15 is 0 Å². The molecule has 1 aliphatic rings. The van der Waals surface area contributed by atoms with Crippen molar-refractivity contribution in [1.82, 2.24) is 9.88 Å². The Bertz CT molecular complexity index is 1440. The van der Waals surface area contributed by atoms with Gasteiger partial charge in [-0.15, -0.1) is 0 Å². The number of hydrogen-bond acceptors (Lipinski definition) is 5. The number of nitrogens with one attached hydrogen (secondary N) is 1. The molecule has 0 saturated heterocycles. The molecule has 11 heteroatoms. The zero-order valence-electron chi connectivity index (χ0n) is 17.3. The molecule has 1 aromatic heterocycles. The molecule has 1 amide bonds. The molecule has 1 aliphatic heterocycles. The number of pyridine rings is 1. The van der Waals surface area contributed by atoms with Crippen LogP contribution in [-0.4, -0.2) is 33.2 Å². The quantitative estimate of drug-likeness (QED) is 0.536. The molecule has 8 nitrogen and oxygen atoms in total. The minimum atomic E-state index is -4.50. The summed E-state index contributed by atoms with van der Waals surface area (Å²) in [6.07, 6.45) is -4.22. The fourth-order valence-corrected chi connectivity index (χ4v) is 4.23. The van der Waals surface area contributed by atoms with E-state index in [9.17, 15) is 37.9 Å². The Morgan fingerprint density at radius 1 is 1.21 bits per heavy atom. The average molecular weight is 471 g/mol. The second-order valence-electron chi connectivity index (χ2n) is 7.88. The number of carboxylic acids is 1. The van der Waals surface area contributed by atoms with Gasteiger partial charge < -0.3 is 20.1 Å². The number of nitriles is 1. The molecule has 2 heterocycles. The average Bonchev–Trinajstić information content (AvgIpc) is 2.79. The molecule has 3 N–H and O–H groups in total. The van der Waals surface area contributed by atoms with Crippen LogP contribution >= 0.6 is 0 Å². The molecular weight excluding hydrogens is 455 g/mol. The number of hydrogen-bond donors (Lipinski definition) is 3. The van der Waals surface area contributed by atoms with Crippen molar-refractivity contribution >= 4 is 22.8 Å². The summed E-state index contributed by atoms with van der Waals surface area (Å²) >= 11 is 0. The van der Waals surface area contributed by atoms with Crippen LogP contribution in [0.5, 0.6) is 5.75 Å². The molecule has 2 aromatic carbocycles. The molecule has 0 fully saturated rings. The van der Waals surface area contributed by atoms with Crippen LogP contribution in [-0.2, 0) is 23.9 Å². The third-order valence-electron chi connectivity index (χ3n) is 5.74. The second kappa shape index (κ2) is 8.22. The maximum absolute atomic E-state index is 13.2. The van der Waals surface area contributed by atoms with Crippen molar-refractivity contribution in [2.24, 2.45) is 0 Å². The van der Waals surface area contributed by atoms with E-state index in [1.54, 1.807) is 0 Å². The number of aliphatic carboxylic acids is 1. The highest BCUT2D eigenvalue weighted by Gasteiger charge is 2.32. The molecule has 0 aliphatic carbocycles. The van der Waals surface area contributed by atoms with Crippen molar-refractivity contribution in [1.29, 1.82) is 5.26 Å². The minimum Gasteiger partial charge on any atom is -0.506 e. The molecule has 0 radical (unpaired) electrons. The van der Waals surface area contributed by atoms with Gasteiger partial charge in [-0.05, 0) is 41.8 Å². The van der Waals surface area contributed by atoms with E-state index < -0.39 is 53.0 Å². The van der Waals surface area contributed by atoms with Crippen LogP contribution in [0.3, 0.4) is 0 Å². The lowest BCUT2D eigenvalue weighted by Crippen LogP contribution is -2.37. The lowest BCUT2D eigenvalue weighted by atomic mass is 9.86. The summed E-state index contributed by atoms with van der Waals surface area (Å²) in [5.74, 6) is -3.59. The smallest absolute Gasteiger partial charge is 0.416 e. The standard InChI is InChI=1S/C23H16F3N3O5/c24-23(25,26)15-3-1-12(2-4-15)14-7-13-5-11(8-27)6-16-19(13)29(10-14)22(34)18(20(16)32)21(33)28-9-17(30)31/h1-6,14,32H,7,9-10H2,(H,28,33)(H,30,31). The first-order valence-electron chi connectivity index (χ1n) is 10.0. The van der Waals surface area contributed by atoms with Crippen LogP contribution in [0.15, 0.2) is 41.2 Å². The van der Waals surface area contributed by atoms with Gasteiger partial charge in [0.05, 0.1) is 22.7 Å². The molecule has 0 spiro atoms. The molecule has 0 bridgehead atoms. The van der Waals surface area contributed by atoms with Crippen LogP contribution in [0.25, 0.3) is 10.9 Å². The van der Waals surface area contributed by atoms with Gasteiger partial charge in [-0.25, -0.2) is 0 Å². The van der Waals surface area contributed by atoms with E-state index in [0.29, 0.717) is 16.6 Å². The first-order chi connectivity index (χ1) is 16.0. The Kier molecular flexibility index (Phi) is 5.53. The number of carbonyl (C=O) groups excluding carboxylic acids is 1. The van der Waals surface area contributed by atoms with Crippen LogP contribution in [0.4, 0.5) is 13.2 Å². The second-order valence-corrected chi connectivity index (χ2v) is 7.88. The molecule has 34 heavy (non-hydrogen) atoms. The van der Waals surface area contributed by atoms with Gasteiger partial charge in [0.25, 0.3) is 11.5 Å². The molecule has 174 valence electrons. The van der Waals surface area contributed by atoms with Gasteiger partial charge >= 0.3 is 12.1 Å². The summed E-state index contributed by atoms with van der Waals surface area (Å²) in [6, 6.07) is 9.30. The number of carboxylic acid groups (broad SMARTS) is 1. The van der Waals surface area contributed by atoms with Crippen molar-refractivity contribution in [3.8, 4) is 11.8 Å². The summed E-state index contributed by atoms with van der Waals surface area (Å²) in [7, 11) is 0. The fourth-order valence-electron chi connectivity index (χ4n) is 4.23. The third kappa shape index (κ3) is 3.94. The van der Waals surface area contributed by atoms with Gasteiger partial charge in [0.15, 0.2) is 0 Å². The summed E-state index contributed by atoms with van der Waals surface area (Å²) in [6.45, 7) is -0.785. The van der Waals surface area contributed by atoms with Crippen LogP contribution in [0.1, 0.15) is 38.5 Å². The third-order valence-corrected chi connectivity index (χ3v) is 5.74. The number of aromatic hydroxyl groups is 1. The van der Waals surface area contributed by atoms with E-state index in [1.165, 1.54) is 28.8 Å². The van der Waals surface area contributed by atoms with Crippen LogP contribution < -0.4 is 10.9 Å². The Labute approximate surface area is 189 Å². The minimum absolute atomic E-state index is 0.000904. The largest absolute Gasteiger partial charge is 0.506 e. The Morgan fingerprint density at radius 3 is 2.47 bits per heavy atom. The Hall–Kier alpha value is -4.33. The van der Waals surface area contributed by atoms with E-state index in [-0.39, 0.29) is 23.9 Å². The van der Waals surface area contributed by atoms with E-state index in [2.05, 4.69) is 0 Å². The van der Waals surface area contributed by atoms with Gasteiger partial charge in [0, 0.05) is 17.8 Å². The van der Waals surface area contributed by atoms with Crippen molar-refractivity contribution in [2.45, 2.75) is 25.1 Å². The Balaban J connectivity index is 1.86. The van der Waals surface area contributed by atoms with Gasteiger partial charge in [0.2, 0.25) is 0 Å². The van der Waals surface area contributed by atoms with Gasteiger partial charge in [-0.1, -0.05) is 12.1 Å².